The first kappa shape index (κ1) is 14.0. The van der Waals surface area contributed by atoms with Crippen molar-refractivity contribution in [3.8, 4) is 11.5 Å². The summed E-state index contributed by atoms with van der Waals surface area (Å²) >= 11 is 0. The van der Waals surface area contributed by atoms with Crippen molar-refractivity contribution in [1.29, 1.82) is 0 Å². The van der Waals surface area contributed by atoms with Gasteiger partial charge in [0.05, 0.1) is 11.5 Å². The summed E-state index contributed by atoms with van der Waals surface area (Å²) in [6, 6.07) is 9.94. The molecule has 2 rings (SSSR count). The zero-order valence-electron chi connectivity index (χ0n) is 11.3. The normalized spacial score (nSPS) is 10.3. The minimum absolute atomic E-state index is 0.0678. The Hall–Kier alpha value is -2.40. The van der Waals surface area contributed by atoms with Gasteiger partial charge in [0.15, 0.2) is 0 Å². The number of hydrogen-bond acceptors (Lipinski definition) is 4. The Balaban J connectivity index is 2.35. The van der Waals surface area contributed by atoms with Gasteiger partial charge in [-0.3, -0.25) is 10.1 Å². The molecule has 0 aliphatic heterocycles. The van der Waals surface area contributed by atoms with Crippen LogP contribution in [0, 0.1) is 24.0 Å². The maximum absolute atomic E-state index is 10.7. The number of aliphatic hydroxyl groups is 1. The van der Waals surface area contributed by atoms with Crippen LogP contribution >= 0.6 is 0 Å². The fraction of sp³-hybridized carbons (Fsp3) is 0.200. The van der Waals surface area contributed by atoms with Crippen LogP contribution in [0.15, 0.2) is 36.4 Å². The largest absolute Gasteiger partial charge is 0.457 e. The summed E-state index contributed by atoms with van der Waals surface area (Å²) in [5.41, 5.74) is 2.44. The van der Waals surface area contributed by atoms with Crippen molar-refractivity contribution in [2.24, 2.45) is 0 Å². The second-order valence-corrected chi connectivity index (χ2v) is 4.63. The molecule has 1 N–H and O–H groups in total. The Morgan fingerprint density at radius 1 is 1.15 bits per heavy atom. The number of ether oxygens (including phenoxy) is 1. The van der Waals surface area contributed by atoms with E-state index in [1.807, 2.05) is 32.0 Å². The zero-order valence-corrected chi connectivity index (χ0v) is 11.3. The monoisotopic (exact) mass is 273 g/mol. The van der Waals surface area contributed by atoms with E-state index in [0.717, 1.165) is 11.1 Å². The molecule has 0 saturated heterocycles. The van der Waals surface area contributed by atoms with E-state index in [1.165, 1.54) is 18.2 Å². The second-order valence-electron chi connectivity index (χ2n) is 4.63. The molecule has 0 saturated carbocycles. The third kappa shape index (κ3) is 3.13. The Morgan fingerprint density at radius 3 is 2.35 bits per heavy atom. The standard InChI is InChI=1S/C15H15NO4/c1-10-5-11(2)7-14(6-10)20-15-4-3-13(16(18)19)8-12(15)9-17/h3-8,17H,9H2,1-2H3. The fourth-order valence-corrected chi connectivity index (χ4v) is 2.02. The number of nitro groups is 1. The third-order valence-electron chi connectivity index (χ3n) is 2.85. The lowest BCUT2D eigenvalue weighted by molar-refractivity contribution is -0.385. The van der Waals surface area contributed by atoms with Crippen molar-refractivity contribution < 1.29 is 14.8 Å². The Kier molecular flexibility index (Phi) is 4.00. The molecule has 2 aromatic rings. The van der Waals surface area contributed by atoms with E-state index < -0.39 is 4.92 Å². The molecule has 0 fully saturated rings. The smallest absolute Gasteiger partial charge is 0.270 e. The first-order valence-corrected chi connectivity index (χ1v) is 6.14. The van der Waals surface area contributed by atoms with E-state index in [4.69, 9.17) is 4.74 Å². The molecule has 0 unspecified atom stereocenters. The molecule has 0 heterocycles. The van der Waals surface area contributed by atoms with Gasteiger partial charge in [-0.1, -0.05) is 6.07 Å². The highest BCUT2D eigenvalue weighted by molar-refractivity contribution is 5.46. The van der Waals surface area contributed by atoms with Crippen LogP contribution in [0.5, 0.6) is 11.5 Å². The Morgan fingerprint density at radius 2 is 1.80 bits per heavy atom. The van der Waals surface area contributed by atoms with E-state index in [-0.39, 0.29) is 12.3 Å². The van der Waals surface area contributed by atoms with Crippen LogP contribution in [-0.2, 0) is 6.61 Å². The molecule has 0 amide bonds. The summed E-state index contributed by atoms with van der Waals surface area (Å²) in [4.78, 5) is 10.2. The molecule has 104 valence electrons. The number of hydrogen-bond donors (Lipinski definition) is 1. The molecule has 0 spiro atoms. The minimum atomic E-state index is -0.500. The van der Waals surface area contributed by atoms with Crippen molar-refractivity contribution in [3.63, 3.8) is 0 Å². The molecule has 0 bridgehead atoms. The van der Waals surface area contributed by atoms with Gasteiger partial charge in [0.25, 0.3) is 5.69 Å². The van der Waals surface area contributed by atoms with Crippen molar-refractivity contribution in [1.82, 2.24) is 0 Å². The summed E-state index contributed by atoms with van der Waals surface area (Å²) in [6.45, 7) is 3.60. The molecule has 0 aliphatic rings. The number of rotatable bonds is 4. The average Bonchev–Trinajstić information content (AvgIpc) is 2.37. The molecule has 0 aliphatic carbocycles. The van der Waals surface area contributed by atoms with Crippen LogP contribution < -0.4 is 4.74 Å². The van der Waals surface area contributed by atoms with Crippen molar-refractivity contribution in [3.05, 3.63) is 63.2 Å². The highest BCUT2D eigenvalue weighted by Crippen LogP contribution is 2.29. The zero-order chi connectivity index (χ0) is 14.7. The molecule has 0 aromatic heterocycles. The van der Waals surface area contributed by atoms with Crippen molar-refractivity contribution in [2.75, 3.05) is 0 Å². The van der Waals surface area contributed by atoms with Gasteiger partial charge in [-0.25, -0.2) is 0 Å². The summed E-state index contributed by atoms with van der Waals surface area (Å²) < 4.78 is 5.71. The van der Waals surface area contributed by atoms with Gasteiger partial charge >= 0.3 is 0 Å². The van der Waals surface area contributed by atoms with E-state index >= 15 is 0 Å². The molecular formula is C15H15NO4. The van der Waals surface area contributed by atoms with Crippen LogP contribution in [0.4, 0.5) is 5.69 Å². The fourth-order valence-electron chi connectivity index (χ4n) is 2.02. The Labute approximate surface area is 116 Å². The average molecular weight is 273 g/mol. The van der Waals surface area contributed by atoms with E-state index in [9.17, 15) is 15.2 Å². The summed E-state index contributed by atoms with van der Waals surface area (Å²) in [6.07, 6.45) is 0. The van der Waals surface area contributed by atoms with Crippen LogP contribution in [0.2, 0.25) is 0 Å². The number of benzene rings is 2. The number of aliphatic hydroxyl groups excluding tert-OH is 1. The predicted octanol–water partition coefficient (Wildman–Crippen LogP) is 3.50. The topological polar surface area (TPSA) is 72.6 Å². The lowest BCUT2D eigenvalue weighted by Crippen LogP contribution is -1.95. The van der Waals surface area contributed by atoms with E-state index in [0.29, 0.717) is 17.1 Å². The number of nitrogens with zero attached hydrogens (tertiary/aromatic N) is 1. The molecule has 20 heavy (non-hydrogen) atoms. The molecular weight excluding hydrogens is 258 g/mol. The SMILES string of the molecule is Cc1cc(C)cc(Oc2ccc([N+](=O)[O-])cc2CO)c1. The summed E-state index contributed by atoms with van der Waals surface area (Å²) in [5.74, 6) is 1.06. The van der Waals surface area contributed by atoms with Crippen molar-refractivity contribution >= 4 is 5.69 Å². The highest BCUT2D eigenvalue weighted by atomic mass is 16.6. The Bertz CT molecular complexity index is 632. The third-order valence-corrected chi connectivity index (χ3v) is 2.85. The van der Waals surface area contributed by atoms with Gasteiger partial charge < -0.3 is 9.84 Å². The maximum Gasteiger partial charge on any atom is 0.270 e. The molecule has 5 heteroatoms. The van der Waals surface area contributed by atoms with E-state index in [2.05, 4.69) is 0 Å². The van der Waals surface area contributed by atoms with Gasteiger partial charge in [-0.05, 0) is 43.2 Å². The van der Waals surface area contributed by atoms with Crippen LogP contribution in [0.25, 0.3) is 0 Å². The van der Waals surface area contributed by atoms with Gasteiger partial charge in [-0.15, -0.1) is 0 Å². The van der Waals surface area contributed by atoms with Gasteiger partial charge in [0.1, 0.15) is 11.5 Å². The van der Waals surface area contributed by atoms with Gasteiger partial charge in [0.2, 0.25) is 0 Å². The van der Waals surface area contributed by atoms with E-state index in [1.54, 1.807) is 0 Å². The summed E-state index contributed by atoms with van der Waals surface area (Å²) in [7, 11) is 0. The minimum Gasteiger partial charge on any atom is -0.457 e. The van der Waals surface area contributed by atoms with Crippen molar-refractivity contribution in [2.45, 2.75) is 20.5 Å². The maximum atomic E-state index is 10.7. The van der Waals surface area contributed by atoms with Gasteiger partial charge in [0, 0.05) is 17.7 Å². The second kappa shape index (κ2) is 5.71. The number of nitro benzene ring substituents is 1. The van der Waals surface area contributed by atoms with Gasteiger partial charge in [-0.2, -0.15) is 0 Å². The van der Waals surface area contributed by atoms with Crippen LogP contribution in [0.1, 0.15) is 16.7 Å². The van der Waals surface area contributed by atoms with Crippen LogP contribution in [0.3, 0.4) is 0 Å². The number of aryl methyl sites for hydroxylation is 2. The molecule has 0 radical (unpaired) electrons. The lowest BCUT2D eigenvalue weighted by atomic mass is 10.1. The van der Waals surface area contributed by atoms with Crippen LogP contribution in [-0.4, -0.2) is 10.0 Å². The lowest BCUT2D eigenvalue weighted by Gasteiger charge is -2.11. The summed E-state index contributed by atoms with van der Waals surface area (Å²) in [5, 5.41) is 20.0. The molecule has 5 nitrogen and oxygen atoms in total. The first-order chi connectivity index (χ1) is 9.49. The quantitative estimate of drug-likeness (QED) is 0.683. The highest BCUT2D eigenvalue weighted by Gasteiger charge is 2.12. The predicted molar refractivity (Wildman–Crippen MR) is 75.0 cm³/mol. The first-order valence-electron chi connectivity index (χ1n) is 6.14. The number of non-ortho nitro benzene ring substituents is 1. The molecule has 0 atom stereocenters. The molecule has 2 aromatic carbocycles.